The Morgan fingerprint density at radius 1 is 1.03 bits per heavy atom. The molecule has 0 aliphatic rings. The summed E-state index contributed by atoms with van der Waals surface area (Å²) in [6.07, 6.45) is 1.15. The van der Waals surface area contributed by atoms with Gasteiger partial charge in [0.1, 0.15) is 34.3 Å². The van der Waals surface area contributed by atoms with E-state index in [2.05, 4.69) is 20.3 Å². The number of sulfonamides is 1. The van der Waals surface area contributed by atoms with Crippen LogP contribution in [0.2, 0.25) is 5.15 Å². The molecule has 0 spiro atoms. The van der Waals surface area contributed by atoms with Gasteiger partial charge in [-0.1, -0.05) is 17.7 Å². The molecular formula is C21H15ClF3N5O3S. The van der Waals surface area contributed by atoms with E-state index in [1.54, 1.807) is 6.07 Å². The molecule has 0 unspecified atom stereocenters. The van der Waals surface area contributed by atoms with Crippen LogP contribution in [-0.4, -0.2) is 28.5 Å². The molecular weight excluding hydrogens is 495 g/mol. The van der Waals surface area contributed by atoms with Crippen molar-refractivity contribution in [3.05, 3.63) is 76.5 Å². The first kappa shape index (κ1) is 23.7. The first-order chi connectivity index (χ1) is 16.1. The van der Waals surface area contributed by atoms with Crippen LogP contribution in [-0.2, 0) is 16.6 Å². The molecule has 0 aliphatic carbocycles. The van der Waals surface area contributed by atoms with Gasteiger partial charge in [-0.3, -0.25) is 4.72 Å². The molecule has 0 atom stereocenters. The van der Waals surface area contributed by atoms with Crippen LogP contribution >= 0.6 is 11.6 Å². The monoisotopic (exact) mass is 509 g/mol. The number of rotatable bonds is 6. The van der Waals surface area contributed by atoms with Crippen molar-refractivity contribution in [3.63, 3.8) is 0 Å². The Morgan fingerprint density at radius 3 is 2.53 bits per heavy atom. The average Bonchev–Trinajstić information content (AvgIpc) is 2.80. The predicted octanol–water partition coefficient (Wildman–Crippen LogP) is 4.44. The van der Waals surface area contributed by atoms with Gasteiger partial charge in [-0.25, -0.2) is 36.5 Å². The van der Waals surface area contributed by atoms with Crippen molar-refractivity contribution >= 4 is 49.9 Å². The summed E-state index contributed by atoms with van der Waals surface area (Å²) in [5.41, 5.74) is -1.19. The van der Waals surface area contributed by atoms with E-state index in [9.17, 15) is 17.2 Å². The van der Waals surface area contributed by atoms with Gasteiger partial charge in [0.05, 0.1) is 22.7 Å². The second kappa shape index (κ2) is 9.05. The van der Waals surface area contributed by atoms with Crippen molar-refractivity contribution in [1.29, 1.82) is 0 Å². The molecule has 0 saturated carbocycles. The molecule has 2 heterocycles. The maximum Gasteiger partial charge on any atom is 0.262 e. The van der Waals surface area contributed by atoms with Crippen LogP contribution in [0.5, 0.6) is 0 Å². The number of fused-ring (bicyclic) bond motifs is 1. The Labute approximate surface area is 196 Å². The highest BCUT2D eigenvalue weighted by Gasteiger charge is 2.24. The number of nitrogens with zero attached hydrogens (tertiary/aromatic N) is 3. The summed E-state index contributed by atoms with van der Waals surface area (Å²) in [7, 11) is -4.47. The number of halogens is 4. The van der Waals surface area contributed by atoms with Crippen molar-refractivity contribution in [2.75, 3.05) is 10.0 Å². The number of anilines is 3. The topological polar surface area (TPSA) is 117 Å². The number of aliphatic hydroxyl groups excluding tert-OH is 1. The van der Waals surface area contributed by atoms with Crippen molar-refractivity contribution < 1.29 is 26.7 Å². The van der Waals surface area contributed by atoms with Crippen molar-refractivity contribution in [2.24, 2.45) is 0 Å². The highest BCUT2D eigenvalue weighted by molar-refractivity contribution is 7.92. The molecule has 0 fully saturated rings. The van der Waals surface area contributed by atoms with Gasteiger partial charge < -0.3 is 10.4 Å². The zero-order valence-electron chi connectivity index (χ0n) is 17.3. The fraction of sp³-hybridized carbons (Fsp3) is 0.0952. The smallest absolute Gasteiger partial charge is 0.262 e. The lowest BCUT2D eigenvalue weighted by Gasteiger charge is -2.15. The molecule has 0 amide bonds. The molecule has 0 saturated heterocycles. The quantitative estimate of drug-likeness (QED) is 0.329. The Bertz CT molecular complexity index is 1540. The SMILES string of the molecule is Cc1c(S(=O)(=O)Nc2ccc(F)c(Nc3ncnc4ccc(Cl)nc34)c2F)ccc(CO)c1F. The van der Waals surface area contributed by atoms with Gasteiger partial charge in [-0.05, 0) is 37.3 Å². The van der Waals surface area contributed by atoms with Crippen LogP contribution in [0, 0.1) is 24.4 Å². The van der Waals surface area contributed by atoms with Crippen LogP contribution in [0.3, 0.4) is 0 Å². The van der Waals surface area contributed by atoms with E-state index >= 15 is 4.39 Å². The second-order valence-electron chi connectivity index (χ2n) is 7.06. The molecule has 3 N–H and O–H groups in total. The number of nitrogens with one attached hydrogen (secondary N) is 2. The molecule has 34 heavy (non-hydrogen) atoms. The third-order valence-electron chi connectivity index (χ3n) is 4.90. The van der Waals surface area contributed by atoms with E-state index in [-0.39, 0.29) is 27.6 Å². The van der Waals surface area contributed by atoms with Crippen LogP contribution in [0.25, 0.3) is 11.0 Å². The maximum absolute atomic E-state index is 15.2. The lowest BCUT2D eigenvalue weighted by molar-refractivity contribution is 0.275. The summed E-state index contributed by atoms with van der Waals surface area (Å²) in [6, 6.07) is 6.93. The molecule has 4 rings (SSSR count). The van der Waals surface area contributed by atoms with Gasteiger partial charge in [-0.2, -0.15) is 0 Å². The summed E-state index contributed by atoms with van der Waals surface area (Å²) in [5.74, 6) is -3.29. The van der Waals surface area contributed by atoms with Gasteiger partial charge in [-0.15, -0.1) is 0 Å². The standard InChI is InChI=1S/C21H15ClF3N5O3S/c1-10-15(6-2-11(8-31)17(10)24)34(32,33)30-13-4-3-12(23)19(18(13)25)29-21-20-14(26-9-27-21)5-7-16(22)28-20/h2-7,9,30-31H,8H2,1H3,(H,26,27,29). The summed E-state index contributed by atoms with van der Waals surface area (Å²) < 4.78 is 71.7. The Morgan fingerprint density at radius 2 is 1.79 bits per heavy atom. The number of hydrogen-bond donors (Lipinski definition) is 3. The lowest BCUT2D eigenvalue weighted by Crippen LogP contribution is -2.17. The number of hydrogen-bond acceptors (Lipinski definition) is 7. The third-order valence-corrected chi connectivity index (χ3v) is 6.62. The summed E-state index contributed by atoms with van der Waals surface area (Å²) in [5, 5.41) is 11.7. The number of aromatic nitrogens is 3. The maximum atomic E-state index is 15.2. The molecule has 0 radical (unpaired) electrons. The minimum atomic E-state index is -4.47. The van der Waals surface area contributed by atoms with E-state index in [4.69, 9.17) is 16.7 Å². The van der Waals surface area contributed by atoms with E-state index in [0.29, 0.717) is 5.52 Å². The van der Waals surface area contributed by atoms with Gasteiger partial charge in [0.25, 0.3) is 10.0 Å². The second-order valence-corrected chi connectivity index (χ2v) is 9.10. The summed E-state index contributed by atoms with van der Waals surface area (Å²) in [6.45, 7) is 0.579. The van der Waals surface area contributed by atoms with Crippen molar-refractivity contribution in [3.8, 4) is 0 Å². The molecule has 0 bridgehead atoms. The summed E-state index contributed by atoms with van der Waals surface area (Å²) >= 11 is 5.90. The van der Waals surface area contributed by atoms with E-state index in [1.807, 2.05) is 4.72 Å². The summed E-state index contributed by atoms with van der Waals surface area (Å²) in [4.78, 5) is 11.5. The van der Waals surface area contributed by atoms with Crippen LogP contribution in [0.1, 0.15) is 11.1 Å². The molecule has 0 aliphatic heterocycles. The first-order valence-corrected chi connectivity index (χ1v) is 11.4. The third kappa shape index (κ3) is 4.34. The minimum Gasteiger partial charge on any atom is -0.392 e. The number of pyridine rings is 1. The zero-order valence-corrected chi connectivity index (χ0v) is 18.8. The molecule has 8 nitrogen and oxygen atoms in total. The molecule has 2 aromatic heterocycles. The van der Waals surface area contributed by atoms with Crippen LogP contribution < -0.4 is 10.0 Å². The molecule has 4 aromatic rings. The fourth-order valence-corrected chi connectivity index (χ4v) is 4.65. The first-order valence-electron chi connectivity index (χ1n) is 9.56. The molecule has 13 heteroatoms. The number of aliphatic hydroxyl groups is 1. The largest absolute Gasteiger partial charge is 0.392 e. The highest BCUT2D eigenvalue weighted by atomic mass is 35.5. The van der Waals surface area contributed by atoms with Gasteiger partial charge in [0.2, 0.25) is 0 Å². The zero-order chi connectivity index (χ0) is 24.6. The van der Waals surface area contributed by atoms with Crippen LogP contribution in [0.15, 0.2) is 47.6 Å². The fourth-order valence-electron chi connectivity index (χ4n) is 3.21. The van der Waals surface area contributed by atoms with E-state index in [1.165, 1.54) is 13.0 Å². The van der Waals surface area contributed by atoms with Gasteiger partial charge in [0.15, 0.2) is 11.6 Å². The lowest BCUT2D eigenvalue weighted by atomic mass is 10.1. The van der Waals surface area contributed by atoms with Crippen molar-refractivity contribution in [1.82, 2.24) is 15.0 Å². The normalized spacial score (nSPS) is 11.6. The van der Waals surface area contributed by atoms with Crippen LogP contribution in [0.4, 0.5) is 30.4 Å². The molecule has 2 aromatic carbocycles. The van der Waals surface area contributed by atoms with E-state index < -0.39 is 50.4 Å². The van der Waals surface area contributed by atoms with Gasteiger partial charge in [0, 0.05) is 11.1 Å². The highest BCUT2D eigenvalue weighted by Crippen LogP contribution is 2.32. The average molecular weight is 510 g/mol. The predicted molar refractivity (Wildman–Crippen MR) is 120 cm³/mol. The van der Waals surface area contributed by atoms with Gasteiger partial charge >= 0.3 is 0 Å². The van der Waals surface area contributed by atoms with Crippen molar-refractivity contribution in [2.45, 2.75) is 18.4 Å². The molecule has 176 valence electrons. The Balaban J connectivity index is 1.73. The Kier molecular flexibility index (Phi) is 6.30. The minimum absolute atomic E-state index is 0.0668. The van der Waals surface area contributed by atoms with E-state index in [0.717, 1.165) is 30.6 Å². The number of benzene rings is 2. The Hall–Kier alpha value is -3.48.